The van der Waals surface area contributed by atoms with E-state index in [1.54, 1.807) is 12.1 Å². The van der Waals surface area contributed by atoms with Crippen molar-refractivity contribution in [2.75, 3.05) is 13.7 Å². The largest absolute Gasteiger partial charge is 0.490 e. The van der Waals surface area contributed by atoms with Gasteiger partial charge in [-0.1, -0.05) is 18.9 Å². The fraction of sp³-hybridized carbons (Fsp3) is 0.600. The highest BCUT2D eigenvalue weighted by atomic mass is 16.6. The second-order valence-corrected chi connectivity index (χ2v) is 5.39. The Labute approximate surface area is 124 Å². The molecule has 0 radical (unpaired) electrons. The molecule has 1 aliphatic carbocycles. The molecule has 0 aliphatic heterocycles. The second-order valence-electron chi connectivity index (χ2n) is 5.39. The summed E-state index contributed by atoms with van der Waals surface area (Å²) in [5, 5.41) is 11.0. The molecule has 0 saturated heterocycles. The molecule has 2 unspecified atom stereocenters. The molecule has 0 bridgehead atoms. The fourth-order valence-electron chi connectivity index (χ4n) is 2.83. The summed E-state index contributed by atoms with van der Waals surface area (Å²) < 4.78 is 10.9. The zero-order valence-corrected chi connectivity index (χ0v) is 12.3. The summed E-state index contributed by atoms with van der Waals surface area (Å²) in [6, 6.07) is 4.92. The lowest BCUT2D eigenvalue weighted by Crippen LogP contribution is -2.33. The van der Waals surface area contributed by atoms with Crippen LogP contribution in [-0.4, -0.2) is 24.7 Å². The number of nitrogens with two attached hydrogens (primary N) is 1. The zero-order valence-electron chi connectivity index (χ0n) is 12.3. The summed E-state index contributed by atoms with van der Waals surface area (Å²) in [7, 11) is 1.42. The van der Waals surface area contributed by atoms with Gasteiger partial charge < -0.3 is 15.2 Å². The van der Waals surface area contributed by atoms with E-state index in [4.69, 9.17) is 15.2 Å². The summed E-state index contributed by atoms with van der Waals surface area (Å²) in [5.41, 5.74) is 6.53. The van der Waals surface area contributed by atoms with Crippen LogP contribution in [0, 0.1) is 16.0 Å². The average molecular weight is 294 g/mol. The summed E-state index contributed by atoms with van der Waals surface area (Å²) >= 11 is 0. The number of hydrogen-bond donors (Lipinski definition) is 1. The van der Waals surface area contributed by atoms with E-state index in [0.29, 0.717) is 19.1 Å². The van der Waals surface area contributed by atoms with Gasteiger partial charge in [0, 0.05) is 6.07 Å². The highest BCUT2D eigenvalue weighted by Crippen LogP contribution is 2.30. The van der Waals surface area contributed by atoms with Crippen molar-refractivity contribution < 1.29 is 14.4 Å². The van der Waals surface area contributed by atoms with E-state index in [0.717, 1.165) is 24.8 Å². The number of ether oxygens (including phenoxy) is 2. The third-order valence-corrected chi connectivity index (χ3v) is 4.05. The smallest absolute Gasteiger partial charge is 0.311 e. The van der Waals surface area contributed by atoms with Crippen molar-refractivity contribution in [1.82, 2.24) is 0 Å². The molecule has 1 fully saturated rings. The molecule has 0 spiro atoms. The monoisotopic (exact) mass is 294 g/mol. The number of nitro benzene ring substituents is 1. The Kier molecular flexibility index (Phi) is 5.52. The molecule has 2 atom stereocenters. The second kappa shape index (κ2) is 7.38. The first-order chi connectivity index (χ1) is 10.2. The van der Waals surface area contributed by atoms with E-state index < -0.39 is 4.92 Å². The van der Waals surface area contributed by atoms with Crippen LogP contribution in [0.1, 0.15) is 31.2 Å². The Morgan fingerprint density at radius 1 is 1.38 bits per heavy atom. The first-order valence-corrected chi connectivity index (χ1v) is 7.28. The van der Waals surface area contributed by atoms with Gasteiger partial charge in [0.1, 0.15) is 0 Å². The van der Waals surface area contributed by atoms with Crippen molar-refractivity contribution in [3.8, 4) is 5.75 Å². The van der Waals surface area contributed by atoms with Crippen molar-refractivity contribution in [2.45, 2.75) is 38.4 Å². The predicted octanol–water partition coefficient (Wildman–Crippen LogP) is 2.64. The number of methoxy groups -OCH3 is 1. The third kappa shape index (κ3) is 3.92. The number of nitro groups is 1. The molecule has 2 rings (SSSR count). The quantitative estimate of drug-likeness (QED) is 0.643. The van der Waals surface area contributed by atoms with Crippen LogP contribution in [0.5, 0.6) is 5.75 Å². The molecule has 2 N–H and O–H groups in total. The van der Waals surface area contributed by atoms with Gasteiger partial charge in [-0.2, -0.15) is 0 Å². The normalized spacial score (nSPS) is 22.0. The summed E-state index contributed by atoms with van der Waals surface area (Å²) in [5.74, 6) is 0.660. The van der Waals surface area contributed by atoms with E-state index in [-0.39, 0.29) is 17.5 Å². The average Bonchev–Trinajstić information content (AvgIpc) is 2.52. The standard InChI is InChI=1S/C15H22N2O4/c1-20-15-7-6-11(8-13(15)17(18)19)10-21-14-5-3-2-4-12(14)9-16/h6-8,12,14H,2-5,9-10,16H2,1H3. The lowest BCUT2D eigenvalue weighted by Gasteiger charge is -2.30. The van der Waals surface area contributed by atoms with Gasteiger partial charge in [0.25, 0.3) is 0 Å². The van der Waals surface area contributed by atoms with E-state index in [2.05, 4.69) is 0 Å². The third-order valence-electron chi connectivity index (χ3n) is 4.05. The lowest BCUT2D eigenvalue weighted by molar-refractivity contribution is -0.385. The van der Waals surface area contributed by atoms with Crippen molar-refractivity contribution in [1.29, 1.82) is 0 Å². The maximum atomic E-state index is 11.0. The van der Waals surface area contributed by atoms with Gasteiger partial charge in [-0.25, -0.2) is 0 Å². The molecule has 1 aromatic rings. The van der Waals surface area contributed by atoms with E-state index in [1.807, 2.05) is 0 Å². The van der Waals surface area contributed by atoms with Gasteiger partial charge >= 0.3 is 5.69 Å². The van der Waals surface area contributed by atoms with E-state index in [9.17, 15) is 10.1 Å². The summed E-state index contributed by atoms with van der Waals surface area (Å²) in [6.07, 6.45) is 4.63. The predicted molar refractivity (Wildman–Crippen MR) is 79.2 cm³/mol. The topological polar surface area (TPSA) is 87.6 Å². The molecule has 6 heteroatoms. The van der Waals surface area contributed by atoms with E-state index in [1.165, 1.54) is 19.6 Å². The van der Waals surface area contributed by atoms with Crippen LogP contribution in [0.15, 0.2) is 18.2 Å². The highest BCUT2D eigenvalue weighted by Gasteiger charge is 2.25. The molecule has 116 valence electrons. The van der Waals surface area contributed by atoms with E-state index >= 15 is 0 Å². The minimum Gasteiger partial charge on any atom is -0.490 e. The zero-order chi connectivity index (χ0) is 15.2. The minimum atomic E-state index is -0.439. The van der Waals surface area contributed by atoms with Crippen LogP contribution in [0.3, 0.4) is 0 Å². The van der Waals surface area contributed by atoms with Gasteiger partial charge in [-0.05, 0) is 36.9 Å². The molecule has 21 heavy (non-hydrogen) atoms. The van der Waals surface area contributed by atoms with Crippen LogP contribution < -0.4 is 10.5 Å². The molecule has 0 heterocycles. The van der Waals surface area contributed by atoms with Crippen LogP contribution in [0.4, 0.5) is 5.69 Å². The van der Waals surface area contributed by atoms with Gasteiger partial charge in [-0.3, -0.25) is 10.1 Å². The molecule has 0 aromatic heterocycles. The highest BCUT2D eigenvalue weighted by molar-refractivity contribution is 5.48. The molecule has 6 nitrogen and oxygen atoms in total. The molecule has 1 saturated carbocycles. The van der Waals surface area contributed by atoms with Crippen molar-refractivity contribution in [2.24, 2.45) is 11.7 Å². The van der Waals surface area contributed by atoms with Crippen LogP contribution in [0.2, 0.25) is 0 Å². The number of benzene rings is 1. The maximum Gasteiger partial charge on any atom is 0.311 e. The Morgan fingerprint density at radius 2 is 2.14 bits per heavy atom. The van der Waals surface area contributed by atoms with Gasteiger partial charge in [0.2, 0.25) is 0 Å². The van der Waals surface area contributed by atoms with Gasteiger partial charge in [0.15, 0.2) is 5.75 Å². The van der Waals surface area contributed by atoms with Crippen molar-refractivity contribution in [3.05, 3.63) is 33.9 Å². The van der Waals surface area contributed by atoms with Crippen LogP contribution in [0.25, 0.3) is 0 Å². The summed E-state index contributed by atoms with van der Waals surface area (Å²) in [4.78, 5) is 10.6. The Hall–Kier alpha value is -1.66. The SMILES string of the molecule is COc1ccc(COC2CCCCC2CN)cc1[N+](=O)[O-]. The summed E-state index contributed by atoms with van der Waals surface area (Å²) in [6.45, 7) is 0.999. The molecular weight excluding hydrogens is 272 g/mol. The maximum absolute atomic E-state index is 11.0. The van der Waals surface area contributed by atoms with Crippen LogP contribution >= 0.6 is 0 Å². The first kappa shape index (κ1) is 15.7. The Balaban J connectivity index is 2.02. The number of nitrogens with zero attached hydrogens (tertiary/aromatic N) is 1. The number of hydrogen-bond acceptors (Lipinski definition) is 5. The molecular formula is C15H22N2O4. The fourth-order valence-corrected chi connectivity index (χ4v) is 2.83. The van der Waals surface area contributed by atoms with Gasteiger partial charge in [-0.15, -0.1) is 0 Å². The first-order valence-electron chi connectivity index (χ1n) is 7.28. The number of rotatable bonds is 6. The minimum absolute atomic E-state index is 0.0300. The molecule has 1 aromatic carbocycles. The molecule has 1 aliphatic rings. The van der Waals surface area contributed by atoms with Crippen LogP contribution in [-0.2, 0) is 11.3 Å². The Morgan fingerprint density at radius 3 is 2.81 bits per heavy atom. The lowest BCUT2D eigenvalue weighted by atomic mass is 9.86. The van der Waals surface area contributed by atoms with Crippen molar-refractivity contribution >= 4 is 5.69 Å². The molecule has 0 amide bonds. The van der Waals surface area contributed by atoms with Gasteiger partial charge in [0.05, 0.1) is 24.7 Å². The Bertz CT molecular complexity index is 493. The van der Waals surface area contributed by atoms with Crippen molar-refractivity contribution in [3.63, 3.8) is 0 Å².